The molecule has 0 spiro atoms. The zero-order valence-electron chi connectivity index (χ0n) is 6.60. The van der Waals surface area contributed by atoms with Gasteiger partial charge in [-0.3, -0.25) is 4.79 Å². The van der Waals surface area contributed by atoms with E-state index in [-0.39, 0.29) is 17.1 Å². The first-order valence-electron chi connectivity index (χ1n) is 3.37. The summed E-state index contributed by atoms with van der Waals surface area (Å²) >= 11 is 5.75. The SMILES string of the molecule is CC(=O)C=CC(C)C(C)Cl. The zero-order chi connectivity index (χ0) is 8.15. The fraction of sp³-hybridized carbons (Fsp3) is 0.625. The van der Waals surface area contributed by atoms with Crippen molar-refractivity contribution in [1.29, 1.82) is 0 Å². The van der Waals surface area contributed by atoms with Gasteiger partial charge in [0.2, 0.25) is 0 Å². The Balaban J connectivity index is 3.77. The monoisotopic (exact) mass is 160 g/mol. The molecule has 1 nitrogen and oxygen atoms in total. The van der Waals surface area contributed by atoms with Crippen LogP contribution >= 0.6 is 11.6 Å². The van der Waals surface area contributed by atoms with Crippen LogP contribution < -0.4 is 0 Å². The highest BCUT2D eigenvalue weighted by molar-refractivity contribution is 6.20. The van der Waals surface area contributed by atoms with E-state index < -0.39 is 0 Å². The molecule has 0 saturated heterocycles. The molecule has 0 saturated carbocycles. The molecule has 2 atom stereocenters. The third-order valence-electron chi connectivity index (χ3n) is 1.36. The summed E-state index contributed by atoms with van der Waals surface area (Å²) in [5.41, 5.74) is 0. The first-order valence-corrected chi connectivity index (χ1v) is 3.80. The minimum atomic E-state index is 0.0733. The van der Waals surface area contributed by atoms with Crippen molar-refractivity contribution in [1.82, 2.24) is 0 Å². The third kappa shape index (κ3) is 4.57. The van der Waals surface area contributed by atoms with Gasteiger partial charge in [0.25, 0.3) is 0 Å². The second kappa shape index (κ2) is 4.51. The molecular weight excluding hydrogens is 148 g/mol. The summed E-state index contributed by atoms with van der Waals surface area (Å²) in [5, 5.41) is 0.0931. The molecule has 0 bridgehead atoms. The number of alkyl halides is 1. The van der Waals surface area contributed by atoms with Gasteiger partial charge in [-0.2, -0.15) is 0 Å². The molecular formula is C8H13ClO. The summed E-state index contributed by atoms with van der Waals surface area (Å²) < 4.78 is 0. The molecule has 58 valence electrons. The van der Waals surface area contributed by atoms with Crippen LogP contribution in [0.25, 0.3) is 0 Å². The van der Waals surface area contributed by atoms with Crippen molar-refractivity contribution in [3.05, 3.63) is 12.2 Å². The number of hydrogen-bond donors (Lipinski definition) is 0. The Labute approximate surface area is 67.1 Å². The second-order valence-corrected chi connectivity index (χ2v) is 3.19. The van der Waals surface area contributed by atoms with Crippen molar-refractivity contribution in [2.45, 2.75) is 26.1 Å². The standard InChI is InChI=1S/C8H13ClO/c1-6(8(3)9)4-5-7(2)10/h4-6,8H,1-3H3. The molecule has 0 aliphatic carbocycles. The molecule has 0 aliphatic rings. The van der Waals surface area contributed by atoms with Gasteiger partial charge in [-0.25, -0.2) is 0 Å². The highest BCUT2D eigenvalue weighted by atomic mass is 35.5. The summed E-state index contributed by atoms with van der Waals surface area (Å²) in [6, 6.07) is 0. The summed E-state index contributed by atoms with van der Waals surface area (Å²) in [6.07, 6.45) is 3.39. The van der Waals surface area contributed by atoms with Crippen molar-refractivity contribution >= 4 is 17.4 Å². The Morgan fingerprint density at radius 1 is 1.50 bits per heavy atom. The fourth-order valence-electron chi connectivity index (χ4n) is 0.440. The molecule has 0 N–H and O–H groups in total. The molecule has 0 fully saturated rings. The van der Waals surface area contributed by atoms with E-state index in [1.54, 1.807) is 6.08 Å². The number of ketones is 1. The van der Waals surface area contributed by atoms with Crippen LogP contribution in [0.2, 0.25) is 0 Å². The Hall–Kier alpha value is -0.300. The normalized spacial score (nSPS) is 17.2. The minimum Gasteiger partial charge on any atom is -0.295 e. The Bertz CT molecular complexity index is 138. The van der Waals surface area contributed by atoms with Crippen LogP contribution in [0.15, 0.2) is 12.2 Å². The molecule has 10 heavy (non-hydrogen) atoms. The molecule has 0 radical (unpaired) electrons. The number of hydrogen-bond acceptors (Lipinski definition) is 1. The third-order valence-corrected chi connectivity index (χ3v) is 1.76. The van der Waals surface area contributed by atoms with E-state index in [0.29, 0.717) is 0 Å². The maximum atomic E-state index is 10.4. The topological polar surface area (TPSA) is 17.1 Å². The number of carbonyl (C=O) groups excluding carboxylic acids is 1. The highest BCUT2D eigenvalue weighted by Crippen LogP contribution is 2.10. The summed E-state index contributed by atoms with van der Waals surface area (Å²) in [6.45, 7) is 5.43. The molecule has 2 unspecified atom stereocenters. The molecule has 0 aromatic heterocycles. The molecule has 0 aromatic rings. The van der Waals surface area contributed by atoms with Gasteiger partial charge in [0.15, 0.2) is 5.78 Å². The Morgan fingerprint density at radius 2 is 2.00 bits per heavy atom. The van der Waals surface area contributed by atoms with E-state index in [1.165, 1.54) is 6.92 Å². The van der Waals surface area contributed by atoms with Crippen LogP contribution in [0, 0.1) is 5.92 Å². The smallest absolute Gasteiger partial charge is 0.152 e. The second-order valence-electron chi connectivity index (χ2n) is 2.51. The summed E-state index contributed by atoms with van der Waals surface area (Å²) in [4.78, 5) is 10.4. The summed E-state index contributed by atoms with van der Waals surface area (Å²) in [7, 11) is 0. The van der Waals surface area contributed by atoms with Crippen molar-refractivity contribution < 1.29 is 4.79 Å². The number of allylic oxidation sites excluding steroid dienone is 2. The van der Waals surface area contributed by atoms with E-state index in [4.69, 9.17) is 11.6 Å². The first-order chi connectivity index (χ1) is 4.54. The van der Waals surface area contributed by atoms with Gasteiger partial charge in [0.05, 0.1) is 0 Å². The highest BCUT2D eigenvalue weighted by Gasteiger charge is 2.03. The van der Waals surface area contributed by atoms with Crippen LogP contribution in [0.3, 0.4) is 0 Å². The van der Waals surface area contributed by atoms with Gasteiger partial charge in [-0.15, -0.1) is 11.6 Å². The van der Waals surface area contributed by atoms with E-state index in [9.17, 15) is 4.79 Å². The summed E-state index contributed by atoms with van der Waals surface area (Å²) in [5.74, 6) is 0.342. The van der Waals surface area contributed by atoms with E-state index in [2.05, 4.69) is 0 Å². The van der Waals surface area contributed by atoms with Crippen LogP contribution in [0.1, 0.15) is 20.8 Å². The quantitative estimate of drug-likeness (QED) is 0.458. The lowest BCUT2D eigenvalue weighted by atomic mass is 10.1. The Morgan fingerprint density at radius 3 is 2.30 bits per heavy atom. The van der Waals surface area contributed by atoms with Gasteiger partial charge in [0, 0.05) is 5.38 Å². The van der Waals surface area contributed by atoms with Gasteiger partial charge in [-0.1, -0.05) is 13.0 Å². The van der Waals surface area contributed by atoms with Crippen LogP contribution in [-0.2, 0) is 4.79 Å². The fourth-order valence-corrected chi connectivity index (χ4v) is 0.524. The first kappa shape index (κ1) is 9.70. The number of halogens is 1. The average Bonchev–Trinajstić information content (AvgIpc) is 1.82. The lowest BCUT2D eigenvalue weighted by Crippen LogP contribution is -2.03. The largest absolute Gasteiger partial charge is 0.295 e. The molecule has 0 aromatic carbocycles. The molecule has 0 heterocycles. The van der Waals surface area contributed by atoms with Gasteiger partial charge in [0.1, 0.15) is 0 Å². The maximum absolute atomic E-state index is 10.4. The molecule has 0 aliphatic heterocycles. The maximum Gasteiger partial charge on any atom is 0.152 e. The van der Waals surface area contributed by atoms with Crippen molar-refractivity contribution in [2.75, 3.05) is 0 Å². The van der Waals surface area contributed by atoms with E-state index in [0.717, 1.165) is 0 Å². The van der Waals surface area contributed by atoms with Gasteiger partial charge < -0.3 is 0 Å². The van der Waals surface area contributed by atoms with Crippen molar-refractivity contribution in [3.63, 3.8) is 0 Å². The molecule has 0 rings (SSSR count). The number of rotatable bonds is 3. The van der Waals surface area contributed by atoms with Crippen LogP contribution in [0.4, 0.5) is 0 Å². The molecule has 0 amide bonds. The average molecular weight is 161 g/mol. The van der Waals surface area contributed by atoms with Crippen molar-refractivity contribution in [3.8, 4) is 0 Å². The predicted octanol–water partition coefficient (Wildman–Crippen LogP) is 2.40. The van der Waals surface area contributed by atoms with Gasteiger partial charge in [-0.05, 0) is 25.8 Å². The minimum absolute atomic E-state index is 0.0733. The lowest BCUT2D eigenvalue weighted by molar-refractivity contribution is -0.112. The van der Waals surface area contributed by atoms with Crippen LogP contribution in [0.5, 0.6) is 0 Å². The van der Waals surface area contributed by atoms with E-state index in [1.807, 2.05) is 19.9 Å². The van der Waals surface area contributed by atoms with Crippen LogP contribution in [-0.4, -0.2) is 11.2 Å². The number of carbonyl (C=O) groups is 1. The van der Waals surface area contributed by atoms with E-state index >= 15 is 0 Å². The van der Waals surface area contributed by atoms with Crippen molar-refractivity contribution in [2.24, 2.45) is 5.92 Å². The molecule has 2 heteroatoms. The predicted molar refractivity (Wildman–Crippen MR) is 44.3 cm³/mol. The van der Waals surface area contributed by atoms with Gasteiger partial charge >= 0.3 is 0 Å². The zero-order valence-corrected chi connectivity index (χ0v) is 7.35. The lowest BCUT2D eigenvalue weighted by Gasteiger charge is -2.06. The Kier molecular flexibility index (Phi) is 4.37.